The van der Waals surface area contributed by atoms with Crippen molar-refractivity contribution in [3.05, 3.63) is 62.5 Å². The predicted molar refractivity (Wildman–Crippen MR) is 109 cm³/mol. The van der Waals surface area contributed by atoms with Crippen molar-refractivity contribution >= 4 is 15.9 Å². The molecular formula is C21H24BrNO6. The maximum Gasteiger partial charge on any atom is 0.268 e. The molecule has 1 saturated carbocycles. The van der Waals surface area contributed by atoms with Crippen LogP contribution in [0.3, 0.4) is 0 Å². The predicted octanol–water partition coefficient (Wildman–Crippen LogP) is 2.07. The highest BCUT2D eigenvalue weighted by atomic mass is 79.9. The molecule has 2 heterocycles. The standard InChI is InChI=1S/C21H24BrNO6/c1-21(2)28-18-15(24)13(16(25)19(18)29-21)12-9-23(3)20(26)14(22)17(12)27-10-11-7-5-4-6-8-11/h4-9,13,15-16,18-19,24-25H,10H2,1-3H3/t13?,15-,16+,18-,19+. The van der Waals surface area contributed by atoms with Gasteiger partial charge in [-0.2, -0.15) is 0 Å². The lowest BCUT2D eigenvalue weighted by molar-refractivity contribution is -0.174. The van der Waals surface area contributed by atoms with Crippen molar-refractivity contribution in [3.8, 4) is 5.75 Å². The molecule has 1 aromatic carbocycles. The summed E-state index contributed by atoms with van der Waals surface area (Å²) in [5.74, 6) is -1.30. The molecular weight excluding hydrogens is 442 g/mol. The zero-order valence-corrected chi connectivity index (χ0v) is 18.0. The van der Waals surface area contributed by atoms with Crippen LogP contribution in [-0.2, 0) is 23.1 Å². The fourth-order valence-corrected chi connectivity index (χ4v) is 4.77. The zero-order valence-electron chi connectivity index (χ0n) is 16.4. The van der Waals surface area contributed by atoms with Gasteiger partial charge in [0.2, 0.25) is 0 Å². The third-order valence-corrected chi connectivity index (χ3v) is 6.16. The first-order chi connectivity index (χ1) is 13.7. The molecule has 1 aliphatic carbocycles. The molecule has 1 unspecified atom stereocenters. The lowest BCUT2D eigenvalue weighted by Gasteiger charge is -2.28. The van der Waals surface area contributed by atoms with Gasteiger partial charge in [-0.05, 0) is 35.3 Å². The highest BCUT2D eigenvalue weighted by molar-refractivity contribution is 9.10. The average molecular weight is 466 g/mol. The van der Waals surface area contributed by atoms with Crippen molar-refractivity contribution in [3.63, 3.8) is 0 Å². The Morgan fingerprint density at radius 1 is 1.14 bits per heavy atom. The molecule has 2 fully saturated rings. The minimum absolute atomic E-state index is 0.241. The van der Waals surface area contributed by atoms with Crippen LogP contribution in [-0.4, -0.2) is 45.0 Å². The Bertz CT molecular complexity index is 940. The van der Waals surface area contributed by atoms with E-state index in [4.69, 9.17) is 14.2 Å². The molecule has 8 heteroatoms. The Balaban J connectivity index is 1.71. The number of rotatable bonds is 4. The van der Waals surface area contributed by atoms with Crippen LogP contribution < -0.4 is 10.3 Å². The van der Waals surface area contributed by atoms with Crippen LogP contribution in [0, 0.1) is 0 Å². The Morgan fingerprint density at radius 2 is 1.72 bits per heavy atom. The number of aryl methyl sites for hydroxylation is 1. The van der Waals surface area contributed by atoms with E-state index >= 15 is 0 Å². The topological polar surface area (TPSA) is 90.2 Å². The summed E-state index contributed by atoms with van der Waals surface area (Å²) in [7, 11) is 1.61. The first-order valence-electron chi connectivity index (χ1n) is 9.47. The monoisotopic (exact) mass is 465 g/mol. The van der Waals surface area contributed by atoms with Gasteiger partial charge in [0.15, 0.2) is 5.79 Å². The Hall–Kier alpha value is -1.71. The number of aromatic nitrogens is 1. The van der Waals surface area contributed by atoms with E-state index in [1.807, 2.05) is 30.3 Å². The van der Waals surface area contributed by atoms with Crippen LogP contribution in [0.25, 0.3) is 0 Å². The molecule has 0 amide bonds. The van der Waals surface area contributed by atoms with Crippen LogP contribution in [0.2, 0.25) is 0 Å². The molecule has 5 atom stereocenters. The summed E-state index contributed by atoms with van der Waals surface area (Å²) in [6, 6.07) is 9.56. The molecule has 1 aliphatic heterocycles. The third kappa shape index (κ3) is 3.64. The minimum atomic E-state index is -1.01. The quantitative estimate of drug-likeness (QED) is 0.718. The number of fused-ring (bicyclic) bond motifs is 1. The number of nitrogens with zero attached hydrogens (tertiary/aromatic N) is 1. The van der Waals surface area contributed by atoms with Crippen molar-refractivity contribution in [2.45, 2.75) is 56.6 Å². The van der Waals surface area contributed by atoms with Gasteiger partial charge >= 0.3 is 0 Å². The molecule has 0 spiro atoms. The van der Waals surface area contributed by atoms with Gasteiger partial charge in [0, 0.05) is 24.7 Å². The minimum Gasteiger partial charge on any atom is -0.487 e. The van der Waals surface area contributed by atoms with Gasteiger partial charge in [-0.25, -0.2) is 0 Å². The first kappa shape index (κ1) is 20.6. The van der Waals surface area contributed by atoms with E-state index < -0.39 is 36.1 Å². The summed E-state index contributed by atoms with van der Waals surface area (Å²) in [4.78, 5) is 12.5. The number of hydrogen-bond donors (Lipinski definition) is 2. The number of aliphatic hydroxyl groups is 2. The van der Waals surface area contributed by atoms with Crippen LogP contribution >= 0.6 is 15.9 Å². The molecule has 2 N–H and O–H groups in total. The number of aliphatic hydroxyl groups excluding tert-OH is 2. The average Bonchev–Trinajstić information content (AvgIpc) is 3.12. The SMILES string of the molecule is Cn1cc(C2[C@@H](O)[C@H]3OC(C)(C)O[C@H]3[C@H]2O)c(OCc2ccccc2)c(Br)c1=O. The summed E-state index contributed by atoms with van der Waals surface area (Å²) >= 11 is 3.34. The second-order valence-electron chi connectivity index (χ2n) is 7.99. The lowest BCUT2D eigenvalue weighted by atomic mass is 9.93. The lowest BCUT2D eigenvalue weighted by Crippen LogP contribution is -2.34. The van der Waals surface area contributed by atoms with Crippen molar-refractivity contribution in [1.82, 2.24) is 4.57 Å². The third-order valence-electron chi connectivity index (χ3n) is 5.46. The normalized spacial score (nSPS) is 30.3. The van der Waals surface area contributed by atoms with E-state index in [-0.39, 0.29) is 16.6 Å². The fourth-order valence-electron chi connectivity index (χ4n) is 4.14. The highest BCUT2D eigenvalue weighted by Crippen LogP contribution is 2.48. The molecule has 1 saturated heterocycles. The number of halogens is 1. The van der Waals surface area contributed by atoms with E-state index in [0.29, 0.717) is 11.3 Å². The van der Waals surface area contributed by atoms with Gasteiger partial charge in [0.1, 0.15) is 29.0 Å². The second-order valence-corrected chi connectivity index (χ2v) is 8.78. The van der Waals surface area contributed by atoms with Gasteiger partial charge in [-0.15, -0.1) is 0 Å². The summed E-state index contributed by atoms with van der Waals surface area (Å²) < 4.78 is 19.3. The maximum absolute atomic E-state index is 12.5. The molecule has 0 radical (unpaired) electrons. The van der Waals surface area contributed by atoms with Crippen LogP contribution in [0.4, 0.5) is 0 Å². The largest absolute Gasteiger partial charge is 0.487 e. The zero-order chi connectivity index (χ0) is 20.9. The van der Waals surface area contributed by atoms with E-state index in [9.17, 15) is 15.0 Å². The molecule has 1 aromatic heterocycles. The van der Waals surface area contributed by atoms with Gasteiger partial charge in [-0.3, -0.25) is 4.79 Å². The van der Waals surface area contributed by atoms with Crippen LogP contribution in [0.15, 0.2) is 45.8 Å². The van der Waals surface area contributed by atoms with E-state index in [2.05, 4.69) is 15.9 Å². The first-order valence-corrected chi connectivity index (χ1v) is 10.3. The molecule has 7 nitrogen and oxygen atoms in total. The van der Waals surface area contributed by atoms with Crippen LogP contribution in [0.5, 0.6) is 5.75 Å². The van der Waals surface area contributed by atoms with Gasteiger partial charge in [0.25, 0.3) is 5.56 Å². The summed E-state index contributed by atoms with van der Waals surface area (Å²) in [5.41, 5.74) is 1.19. The molecule has 2 aliphatic rings. The number of hydrogen-bond acceptors (Lipinski definition) is 6. The summed E-state index contributed by atoms with van der Waals surface area (Å²) in [6.07, 6.45) is -1.76. The molecule has 4 rings (SSSR count). The summed E-state index contributed by atoms with van der Waals surface area (Å²) in [5, 5.41) is 21.9. The van der Waals surface area contributed by atoms with E-state index in [1.165, 1.54) is 4.57 Å². The van der Waals surface area contributed by atoms with Crippen molar-refractivity contribution in [1.29, 1.82) is 0 Å². The van der Waals surface area contributed by atoms with Crippen molar-refractivity contribution in [2.75, 3.05) is 0 Å². The number of ether oxygens (including phenoxy) is 3. The maximum atomic E-state index is 12.5. The smallest absolute Gasteiger partial charge is 0.268 e. The van der Waals surface area contributed by atoms with Crippen molar-refractivity contribution in [2.24, 2.45) is 7.05 Å². The Morgan fingerprint density at radius 3 is 2.31 bits per heavy atom. The van der Waals surface area contributed by atoms with Gasteiger partial charge < -0.3 is 29.0 Å². The van der Waals surface area contributed by atoms with E-state index in [0.717, 1.165) is 5.56 Å². The Kier molecular flexibility index (Phi) is 5.33. The van der Waals surface area contributed by atoms with Gasteiger partial charge in [-0.1, -0.05) is 30.3 Å². The number of benzene rings is 1. The second kappa shape index (κ2) is 7.52. The molecule has 29 heavy (non-hydrogen) atoms. The highest BCUT2D eigenvalue weighted by Gasteiger charge is 2.59. The van der Waals surface area contributed by atoms with E-state index in [1.54, 1.807) is 27.1 Å². The fraction of sp³-hybridized carbons (Fsp3) is 0.476. The number of pyridine rings is 1. The van der Waals surface area contributed by atoms with Gasteiger partial charge in [0.05, 0.1) is 12.2 Å². The molecule has 156 valence electrons. The molecule has 2 aromatic rings. The van der Waals surface area contributed by atoms with Crippen LogP contribution in [0.1, 0.15) is 30.9 Å². The summed E-state index contributed by atoms with van der Waals surface area (Å²) in [6.45, 7) is 3.74. The Labute approximate surface area is 177 Å². The van der Waals surface area contributed by atoms with Crippen molar-refractivity contribution < 1.29 is 24.4 Å². The molecule has 0 bridgehead atoms.